The summed E-state index contributed by atoms with van der Waals surface area (Å²) < 4.78 is 5.13. The summed E-state index contributed by atoms with van der Waals surface area (Å²) in [7, 11) is 0. The SMILES string of the molecule is CC(C)(C)OC(=O)CCC(=O)NCc1cccc(Cl)c1. The highest BCUT2D eigenvalue weighted by Gasteiger charge is 2.16. The van der Waals surface area contributed by atoms with E-state index >= 15 is 0 Å². The Labute approximate surface area is 124 Å². The fourth-order valence-corrected chi connectivity index (χ4v) is 1.76. The van der Waals surface area contributed by atoms with Gasteiger partial charge in [0.15, 0.2) is 0 Å². The molecule has 0 saturated carbocycles. The Kier molecular flexibility index (Phi) is 6.02. The molecule has 0 aromatic heterocycles. The second-order valence-corrected chi connectivity index (χ2v) is 5.93. The normalized spacial score (nSPS) is 11.0. The molecular formula is C15H20ClNO3. The van der Waals surface area contributed by atoms with Crippen molar-refractivity contribution in [2.24, 2.45) is 0 Å². The van der Waals surface area contributed by atoms with E-state index in [2.05, 4.69) is 5.32 Å². The van der Waals surface area contributed by atoms with Gasteiger partial charge in [0.05, 0.1) is 6.42 Å². The molecular weight excluding hydrogens is 278 g/mol. The molecule has 0 unspecified atom stereocenters. The van der Waals surface area contributed by atoms with Crippen molar-refractivity contribution in [3.63, 3.8) is 0 Å². The first-order valence-electron chi connectivity index (χ1n) is 6.49. The van der Waals surface area contributed by atoms with Gasteiger partial charge in [-0.1, -0.05) is 23.7 Å². The average Bonchev–Trinajstić information content (AvgIpc) is 2.32. The summed E-state index contributed by atoms with van der Waals surface area (Å²) in [5.41, 5.74) is 0.400. The number of carbonyl (C=O) groups excluding carboxylic acids is 2. The molecule has 0 heterocycles. The van der Waals surface area contributed by atoms with Crippen LogP contribution in [-0.4, -0.2) is 17.5 Å². The van der Waals surface area contributed by atoms with Crippen molar-refractivity contribution in [1.29, 1.82) is 0 Å². The molecule has 1 N–H and O–H groups in total. The molecule has 0 radical (unpaired) electrons. The van der Waals surface area contributed by atoms with Crippen molar-refractivity contribution in [1.82, 2.24) is 5.32 Å². The Bertz CT molecular complexity index is 480. The van der Waals surface area contributed by atoms with E-state index in [1.54, 1.807) is 32.9 Å². The maximum Gasteiger partial charge on any atom is 0.306 e. The van der Waals surface area contributed by atoms with Gasteiger partial charge in [0.2, 0.25) is 5.91 Å². The third kappa shape index (κ3) is 7.14. The summed E-state index contributed by atoms with van der Waals surface area (Å²) in [6.45, 7) is 5.78. The molecule has 0 atom stereocenters. The highest BCUT2D eigenvalue weighted by molar-refractivity contribution is 6.30. The molecule has 1 amide bonds. The summed E-state index contributed by atoms with van der Waals surface area (Å²) in [5, 5.41) is 3.37. The van der Waals surface area contributed by atoms with Crippen LogP contribution < -0.4 is 5.32 Å². The van der Waals surface area contributed by atoms with E-state index in [1.807, 2.05) is 12.1 Å². The van der Waals surface area contributed by atoms with Crippen LogP contribution in [0.5, 0.6) is 0 Å². The van der Waals surface area contributed by atoms with Crippen LogP contribution in [0.1, 0.15) is 39.2 Å². The van der Waals surface area contributed by atoms with Gasteiger partial charge >= 0.3 is 5.97 Å². The average molecular weight is 298 g/mol. The van der Waals surface area contributed by atoms with Crippen LogP contribution in [0.4, 0.5) is 0 Å². The van der Waals surface area contributed by atoms with Crippen LogP contribution in [0, 0.1) is 0 Å². The third-order valence-corrected chi connectivity index (χ3v) is 2.59. The van der Waals surface area contributed by atoms with Crippen LogP contribution in [-0.2, 0) is 20.9 Å². The molecule has 1 aromatic rings. The predicted molar refractivity (Wildman–Crippen MR) is 78.4 cm³/mol. The van der Waals surface area contributed by atoms with Gasteiger partial charge < -0.3 is 10.1 Å². The number of halogens is 1. The van der Waals surface area contributed by atoms with Crippen molar-refractivity contribution in [2.75, 3.05) is 0 Å². The first-order valence-corrected chi connectivity index (χ1v) is 6.87. The number of esters is 1. The lowest BCUT2D eigenvalue weighted by Gasteiger charge is -2.19. The van der Waals surface area contributed by atoms with Crippen molar-refractivity contribution in [2.45, 2.75) is 45.8 Å². The fraction of sp³-hybridized carbons (Fsp3) is 0.467. The Morgan fingerprint density at radius 1 is 1.25 bits per heavy atom. The summed E-state index contributed by atoms with van der Waals surface area (Å²) in [6.07, 6.45) is 0.203. The summed E-state index contributed by atoms with van der Waals surface area (Å²) in [4.78, 5) is 23.1. The lowest BCUT2D eigenvalue weighted by Crippen LogP contribution is -2.26. The van der Waals surface area contributed by atoms with Crippen LogP contribution in [0.3, 0.4) is 0 Å². The largest absolute Gasteiger partial charge is 0.460 e. The number of carbonyl (C=O) groups is 2. The minimum Gasteiger partial charge on any atom is -0.460 e. The molecule has 1 rings (SSSR count). The van der Waals surface area contributed by atoms with Gasteiger partial charge in [0.1, 0.15) is 5.60 Å². The Morgan fingerprint density at radius 3 is 2.55 bits per heavy atom. The number of rotatable bonds is 5. The molecule has 110 valence electrons. The van der Waals surface area contributed by atoms with Gasteiger partial charge in [-0.25, -0.2) is 0 Å². The Morgan fingerprint density at radius 2 is 1.95 bits per heavy atom. The third-order valence-electron chi connectivity index (χ3n) is 2.35. The maximum absolute atomic E-state index is 11.6. The number of amides is 1. The number of nitrogens with one attached hydrogen (secondary N) is 1. The highest BCUT2D eigenvalue weighted by Crippen LogP contribution is 2.11. The summed E-state index contributed by atoms with van der Waals surface area (Å²) in [6, 6.07) is 7.26. The molecule has 5 heteroatoms. The van der Waals surface area contributed by atoms with E-state index in [4.69, 9.17) is 16.3 Å². The number of ether oxygens (including phenoxy) is 1. The zero-order chi connectivity index (χ0) is 15.2. The molecule has 4 nitrogen and oxygen atoms in total. The van der Waals surface area contributed by atoms with Gasteiger partial charge in [-0.05, 0) is 38.5 Å². The van der Waals surface area contributed by atoms with Crippen LogP contribution in [0.15, 0.2) is 24.3 Å². The van der Waals surface area contributed by atoms with Crippen LogP contribution in [0.2, 0.25) is 5.02 Å². The lowest BCUT2D eigenvalue weighted by atomic mass is 10.2. The first-order chi connectivity index (χ1) is 9.26. The molecule has 0 saturated heterocycles. The molecule has 0 fully saturated rings. The second kappa shape index (κ2) is 7.29. The van der Waals surface area contributed by atoms with Crippen molar-refractivity contribution >= 4 is 23.5 Å². The van der Waals surface area contributed by atoms with Crippen LogP contribution in [0.25, 0.3) is 0 Å². The molecule has 0 spiro atoms. The monoisotopic (exact) mass is 297 g/mol. The molecule has 0 aliphatic heterocycles. The Hall–Kier alpha value is -1.55. The predicted octanol–water partition coefficient (Wildman–Crippen LogP) is 3.08. The molecule has 0 bridgehead atoms. The van der Waals surface area contributed by atoms with Gasteiger partial charge in [0, 0.05) is 18.0 Å². The van der Waals surface area contributed by atoms with Gasteiger partial charge in [0.25, 0.3) is 0 Å². The van der Waals surface area contributed by atoms with Gasteiger partial charge in [-0.3, -0.25) is 9.59 Å². The van der Waals surface area contributed by atoms with E-state index in [-0.39, 0.29) is 24.7 Å². The van der Waals surface area contributed by atoms with Crippen molar-refractivity contribution in [3.8, 4) is 0 Å². The molecule has 0 aliphatic carbocycles. The standard InChI is InChI=1S/C15H20ClNO3/c1-15(2,3)20-14(19)8-7-13(18)17-10-11-5-4-6-12(16)9-11/h4-6,9H,7-8,10H2,1-3H3,(H,17,18). The van der Waals surface area contributed by atoms with Crippen molar-refractivity contribution in [3.05, 3.63) is 34.9 Å². The smallest absolute Gasteiger partial charge is 0.306 e. The van der Waals surface area contributed by atoms with E-state index in [1.165, 1.54) is 0 Å². The molecule has 0 aliphatic rings. The van der Waals surface area contributed by atoms with E-state index in [0.717, 1.165) is 5.56 Å². The minimum atomic E-state index is -0.519. The molecule has 1 aromatic carbocycles. The van der Waals surface area contributed by atoms with Crippen molar-refractivity contribution < 1.29 is 14.3 Å². The zero-order valence-corrected chi connectivity index (χ0v) is 12.8. The second-order valence-electron chi connectivity index (χ2n) is 5.49. The van der Waals surface area contributed by atoms with E-state index in [0.29, 0.717) is 11.6 Å². The summed E-state index contributed by atoms with van der Waals surface area (Å²) in [5.74, 6) is -0.550. The summed E-state index contributed by atoms with van der Waals surface area (Å²) >= 11 is 5.85. The topological polar surface area (TPSA) is 55.4 Å². The van der Waals surface area contributed by atoms with E-state index < -0.39 is 5.60 Å². The minimum absolute atomic E-state index is 0.0820. The zero-order valence-electron chi connectivity index (χ0n) is 12.0. The fourth-order valence-electron chi connectivity index (χ4n) is 1.54. The Balaban J connectivity index is 2.29. The van der Waals surface area contributed by atoms with E-state index in [9.17, 15) is 9.59 Å². The molecule has 20 heavy (non-hydrogen) atoms. The van der Waals surface area contributed by atoms with Gasteiger partial charge in [-0.2, -0.15) is 0 Å². The highest BCUT2D eigenvalue weighted by atomic mass is 35.5. The van der Waals surface area contributed by atoms with Crippen LogP contribution >= 0.6 is 11.6 Å². The number of hydrogen-bond acceptors (Lipinski definition) is 3. The first kappa shape index (κ1) is 16.5. The van der Waals surface area contributed by atoms with Gasteiger partial charge in [-0.15, -0.1) is 0 Å². The maximum atomic E-state index is 11.6. The lowest BCUT2D eigenvalue weighted by molar-refractivity contribution is -0.155. The number of hydrogen-bond donors (Lipinski definition) is 1. The quantitative estimate of drug-likeness (QED) is 0.850. The number of benzene rings is 1.